The predicted octanol–water partition coefficient (Wildman–Crippen LogP) is 5.24. The zero-order valence-corrected chi connectivity index (χ0v) is 18.7. The molecule has 0 atom stereocenters. The van der Waals surface area contributed by atoms with E-state index >= 15 is 0 Å². The van der Waals surface area contributed by atoms with Crippen molar-refractivity contribution in [2.24, 2.45) is 5.92 Å². The van der Waals surface area contributed by atoms with Crippen molar-refractivity contribution in [2.45, 2.75) is 19.3 Å². The normalized spacial score (nSPS) is 14.4. The molecule has 0 unspecified atom stereocenters. The molecule has 6 heteroatoms. The highest BCUT2D eigenvalue weighted by Crippen LogP contribution is 2.27. The van der Waals surface area contributed by atoms with Crippen molar-refractivity contribution in [1.29, 1.82) is 0 Å². The molecular formula is C27H27N3O3. The summed E-state index contributed by atoms with van der Waals surface area (Å²) in [4.78, 5) is 15.5. The average molecular weight is 442 g/mol. The van der Waals surface area contributed by atoms with Crippen LogP contribution in [-0.4, -0.2) is 40.8 Å². The second kappa shape index (κ2) is 9.36. The maximum atomic E-state index is 13.6. The molecule has 0 aliphatic carbocycles. The van der Waals surface area contributed by atoms with E-state index in [0.29, 0.717) is 23.1 Å². The molecule has 2 aromatic carbocycles. The van der Waals surface area contributed by atoms with Gasteiger partial charge in [0.05, 0.1) is 19.1 Å². The predicted molar refractivity (Wildman–Crippen MR) is 127 cm³/mol. The van der Waals surface area contributed by atoms with Crippen molar-refractivity contribution in [3.05, 3.63) is 90.3 Å². The molecule has 5 rings (SSSR count). The van der Waals surface area contributed by atoms with Crippen LogP contribution in [0.4, 0.5) is 0 Å². The number of ether oxygens (including phenoxy) is 1. The summed E-state index contributed by atoms with van der Waals surface area (Å²) in [6.45, 7) is 1.50. The summed E-state index contributed by atoms with van der Waals surface area (Å²) >= 11 is 0. The second-order valence-electron chi connectivity index (χ2n) is 8.43. The third-order valence-electron chi connectivity index (χ3n) is 6.29. The number of piperidine rings is 1. The second-order valence-corrected chi connectivity index (χ2v) is 8.43. The molecule has 0 radical (unpaired) electrons. The third kappa shape index (κ3) is 4.55. The number of carbonyl (C=O) groups excluding carboxylic acids is 1. The van der Waals surface area contributed by atoms with E-state index in [2.05, 4.69) is 24.3 Å². The van der Waals surface area contributed by atoms with Gasteiger partial charge in [-0.15, -0.1) is 0 Å². The van der Waals surface area contributed by atoms with E-state index in [1.54, 1.807) is 18.1 Å². The Morgan fingerprint density at radius 2 is 1.79 bits per heavy atom. The van der Waals surface area contributed by atoms with Gasteiger partial charge in [-0.1, -0.05) is 30.3 Å². The van der Waals surface area contributed by atoms with Gasteiger partial charge >= 0.3 is 0 Å². The Bertz CT molecular complexity index is 1190. The van der Waals surface area contributed by atoms with Crippen LogP contribution in [0.3, 0.4) is 0 Å². The summed E-state index contributed by atoms with van der Waals surface area (Å²) < 4.78 is 12.5. The maximum absolute atomic E-state index is 13.6. The van der Waals surface area contributed by atoms with Gasteiger partial charge in [-0.25, -0.2) is 4.68 Å². The Balaban J connectivity index is 1.36. The highest BCUT2D eigenvalue weighted by molar-refractivity contribution is 5.94. The van der Waals surface area contributed by atoms with Crippen LogP contribution in [0.2, 0.25) is 0 Å². The summed E-state index contributed by atoms with van der Waals surface area (Å²) in [5, 5.41) is 4.70. The molecule has 0 saturated carbocycles. The van der Waals surface area contributed by atoms with Gasteiger partial charge in [0, 0.05) is 19.2 Å². The minimum absolute atomic E-state index is 0.00529. The lowest BCUT2D eigenvalue weighted by Gasteiger charge is -2.32. The smallest absolute Gasteiger partial charge is 0.272 e. The number of rotatable bonds is 6. The van der Waals surface area contributed by atoms with Crippen molar-refractivity contribution in [3.8, 4) is 22.9 Å². The van der Waals surface area contributed by atoms with Gasteiger partial charge < -0.3 is 14.1 Å². The van der Waals surface area contributed by atoms with Gasteiger partial charge in [0.15, 0.2) is 5.76 Å². The highest BCUT2D eigenvalue weighted by atomic mass is 16.5. The molecule has 3 heterocycles. The van der Waals surface area contributed by atoms with Crippen molar-refractivity contribution >= 4 is 5.91 Å². The summed E-state index contributed by atoms with van der Waals surface area (Å²) in [5.41, 5.74) is 3.34. The first-order valence-electron chi connectivity index (χ1n) is 11.3. The zero-order valence-electron chi connectivity index (χ0n) is 18.7. The molecule has 168 valence electrons. The van der Waals surface area contributed by atoms with Gasteiger partial charge in [0.1, 0.15) is 17.1 Å². The quantitative estimate of drug-likeness (QED) is 0.411. The Hall–Kier alpha value is -3.80. The largest absolute Gasteiger partial charge is 0.497 e. The van der Waals surface area contributed by atoms with Crippen molar-refractivity contribution < 1.29 is 13.9 Å². The average Bonchev–Trinajstić information content (AvgIpc) is 3.55. The fourth-order valence-corrected chi connectivity index (χ4v) is 4.45. The SMILES string of the molecule is COc1ccc(-n2nc(-c3ccco3)cc2C(=O)N2CCC(Cc3ccccc3)CC2)cc1. The number of amides is 1. The van der Waals surface area contributed by atoms with Gasteiger partial charge in [-0.2, -0.15) is 5.10 Å². The number of likely N-dealkylation sites (tertiary alicyclic amines) is 1. The molecule has 1 fully saturated rings. The highest BCUT2D eigenvalue weighted by Gasteiger charge is 2.27. The molecule has 6 nitrogen and oxygen atoms in total. The number of benzene rings is 2. The fraction of sp³-hybridized carbons (Fsp3) is 0.259. The van der Waals surface area contributed by atoms with E-state index in [1.807, 2.05) is 53.4 Å². The van der Waals surface area contributed by atoms with Crippen LogP contribution in [-0.2, 0) is 6.42 Å². The lowest BCUT2D eigenvalue weighted by molar-refractivity contribution is 0.0681. The molecule has 1 saturated heterocycles. The first-order valence-corrected chi connectivity index (χ1v) is 11.3. The topological polar surface area (TPSA) is 60.5 Å². The van der Waals surface area contributed by atoms with E-state index in [9.17, 15) is 4.79 Å². The standard InChI is InChI=1S/C27H27N3O3/c1-32-23-11-9-22(10-12-23)30-25(19-24(28-30)26-8-5-17-33-26)27(31)29-15-13-21(14-16-29)18-20-6-3-2-4-7-20/h2-12,17,19,21H,13-16,18H2,1H3. The van der Waals surface area contributed by atoms with Gasteiger partial charge in [0.2, 0.25) is 0 Å². The number of furan rings is 1. The van der Waals surface area contributed by atoms with Crippen molar-refractivity contribution in [2.75, 3.05) is 20.2 Å². The number of aromatic nitrogens is 2. The molecule has 1 aliphatic rings. The molecule has 0 spiro atoms. The van der Waals surface area contributed by atoms with Crippen LogP contribution < -0.4 is 4.74 Å². The fourth-order valence-electron chi connectivity index (χ4n) is 4.45. The minimum Gasteiger partial charge on any atom is -0.497 e. The Labute approximate surface area is 193 Å². The van der Waals surface area contributed by atoms with Gasteiger partial charge in [-0.3, -0.25) is 4.79 Å². The molecular weight excluding hydrogens is 414 g/mol. The third-order valence-corrected chi connectivity index (χ3v) is 6.29. The monoisotopic (exact) mass is 441 g/mol. The van der Waals surface area contributed by atoms with Gasteiger partial charge in [0.25, 0.3) is 5.91 Å². The van der Waals surface area contributed by atoms with Crippen LogP contribution in [0.15, 0.2) is 83.5 Å². The number of methoxy groups -OCH3 is 1. The summed E-state index contributed by atoms with van der Waals surface area (Å²) in [6, 6.07) is 23.6. The van der Waals surface area contributed by atoms with Crippen LogP contribution in [0.5, 0.6) is 5.75 Å². The molecule has 1 amide bonds. The van der Waals surface area contributed by atoms with E-state index in [1.165, 1.54) is 5.56 Å². The maximum Gasteiger partial charge on any atom is 0.272 e. The van der Waals surface area contributed by atoms with E-state index in [4.69, 9.17) is 14.3 Å². The first-order chi connectivity index (χ1) is 16.2. The zero-order chi connectivity index (χ0) is 22.6. The number of carbonyl (C=O) groups is 1. The van der Waals surface area contributed by atoms with E-state index < -0.39 is 0 Å². The van der Waals surface area contributed by atoms with E-state index in [-0.39, 0.29) is 5.91 Å². The van der Waals surface area contributed by atoms with E-state index in [0.717, 1.165) is 43.8 Å². The summed E-state index contributed by atoms with van der Waals surface area (Å²) in [5.74, 6) is 1.99. The molecule has 0 N–H and O–H groups in total. The van der Waals surface area contributed by atoms with Gasteiger partial charge in [-0.05, 0) is 67.1 Å². The van der Waals surface area contributed by atoms with Crippen LogP contribution in [0.25, 0.3) is 17.1 Å². The van der Waals surface area contributed by atoms with Crippen LogP contribution in [0, 0.1) is 5.92 Å². The molecule has 4 aromatic rings. The summed E-state index contributed by atoms with van der Waals surface area (Å²) in [6.07, 6.45) is 4.68. The van der Waals surface area contributed by atoms with Crippen LogP contribution >= 0.6 is 0 Å². The Morgan fingerprint density at radius 1 is 1.03 bits per heavy atom. The summed E-state index contributed by atoms with van der Waals surface area (Å²) in [7, 11) is 1.63. The molecule has 1 aliphatic heterocycles. The Kier molecular flexibility index (Phi) is 5.98. The lowest BCUT2D eigenvalue weighted by atomic mass is 9.90. The minimum atomic E-state index is -0.00529. The molecule has 0 bridgehead atoms. The molecule has 2 aromatic heterocycles. The number of hydrogen-bond acceptors (Lipinski definition) is 4. The lowest BCUT2D eigenvalue weighted by Crippen LogP contribution is -2.39. The number of hydrogen-bond donors (Lipinski definition) is 0. The Morgan fingerprint density at radius 3 is 2.45 bits per heavy atom. The van der Waals surface area contributed by atoms with Crippen molar-refractivity contribution in [3.63, 3.8) is 0 Å². The van der Waals surface area contributed by atoms with Crippen molar-refractivity contribution in [1.82, 2.24) is 14.7 Å². The molecule has 33 heavy (non-hydrogen) atoms. The number of nitrogens with zero attached hydrogens (tertiary/aromatic N) is 3. The first kappa shape index (κ1) is 21.1. The van der Waals surface area contributed by atoms with Crippen LogP contribution in [0.1, 0.15) is 28.9 Å².